The molecule has 1 heteroatoms. The molecule has 0 saturated carbocycles. The van der Waals surface area contributed by atoms with Crippen molar-refractivity contribution in [2.24, 2.45) is 0 Å². The molecule has 0 N–H and O–H groups in total. The molecule has 0 aliphatic heterocycles. The SMILES string of the molecule is CC(C)=C1C=CC=C1.[CH2-]C.[CH2-]C.[Zn+2]. The van der Waals surface area contributed by atoms with Crippen molar-refractivity contribution in [1.82, 2.24) is 0 Å². The Morgan fingerprint density at radius 1 is 0.923 bits per heavy atom. The van der Waals surface area contributed by atoms with Gasteiger partial charge in [-0.2, -0.15) is 13.8 Å². The molecule has 0 aromatic carbocycles. The van der Waals surface area contributed by atoms with Gasteiger partial charge in [0.15, 0.2) is 0 Å². The Morgan fingerprint density at radius 3 is 1.38 bits per heavy atom. The predicted octanol–water partition coefficient (Wildman–Crippen LogP) is 4.13. The van der Waals surface area contributed by atoms with Gasteiger partial charge in [0.1, 0.15) is 0 Å². The van der Waals surface area contributed by atoms with Crippen LogP contribution in [0.2, 0.25) is 0 Å². The van der Waals surface area contributed by atoms with E-state index in [2.05, 4.69) is 52.0 Å². The molecule has 0 spiro atoms. The van der Waals surface area contributed by atoms with Gasteiger partial charge in [-0.3, -0.25) is 0 Å². The van der Waals surface area contributed by atoms with Crippen molar-refractivity contribution < 1.29 is 19.5 Å². The summed E-state index contributed by atoms with van der Waals surface area (Å²) in [5.41, 5.74) is 2.74. The van der Waals surface area contributed by atoms with Gasteiger partial charge >= 0.3 is 19.5 Å². The summed E-state index contributed by atoms with van der Waals surface area (Å²) in [6, 6.07) is 0. The molecule has 13 heavy (non-hydrogen) atoms. The Hall–Kier alpha value is -0.157. The molecule has 1 aliphatic carbocycles. The zero-order valence-electron chi connectivity index (χ0n) is 9.43. The number of hydrogen-bond donors (Lipinski definition) is 0. The minimum Gasteiger partial charge on any atom is -0.346 e. The average Bonchev–Trinajstić information content (AvgIpc) is 2.64. The van der Waals surface area contributed by atoms with Crippen LogP contribution in [0.25, 0.3) is 0 Å². The largest absolute Gasteiger partial charge is 2.00 e. The molecule has 0 nitrogen and oxygen atoms in total. The van der Waals surface area contributed by atoms with Crippen LogP contribution < -0.4 is 0 Å². The van der Waals surface area contributed by atoms with Crippen molar-refractivity contribution in [2.45, 2.75) is 27.7 Å². The minimum atomic E-state index is 0. The van der Waals surface area contributed by atoms with Crippen LogP contribution >= 0.6 is 0 Å². The van der Waals surface area contributed by atoms with Gasteiger partial charge in [0, 0.05) is 0 Å². The summed E-state index contributed by atoms with van der Waals surface area (Å²) in [5.74, 6) is 0. The standard InChI is InChI=1S/C8H10.2C2H5.Zn/c1-7(2)8-5-3-4-6-8;2*1-2;/h3-6H,1-2H3;2*1H2,2H3;/q;2*-1;+2. The first-order chi connectivity index (χ1) is 5.80. The molecule has 0 unspecified atom stereocenters. The van der Waals surface area contributed by atoms with Gasteiger partial charge in [0.2, 0.25) is 0 Å². The van der Waals surface area contributed by atoms with Crippen LogP contribution in [0.15, 0.2) is 35.5 Å². The molecule has 0 radical (unpaired) electrons. The van der Waals surface area contributed by atoms with Crippen LogP contribution in [0.1, 0.15) is 27.7 Å². The first-order valence-electron chi connectivity index (χ1n) is 4.24. The monoisotopic (exact) mass is 228 g/mol. The maximum Gasteiger partial charge on any atom is 2.00 e. The van der Waals surface area contributed by atoms with E-state index in [9.17, 15) is 0 Å². The summed E-state index contributed by atoms with van der Waals surface area (Å²) in [5, 5.41) is 0. The third kappa shape index (κ3) is 9.76. The molecule has 1 rings (SSSR count). The maximum absolute atomic E-state index is 3.25. The van der Waals surface area contributed by atoms with Gasteiger partial charge in [0.05, 0.1) is 0 Å². The zero-order valence-corrected chi connectivity index (χ0v) is 12.4. The molecule has 0 bridgehead atoms. The first-order valence-corrected chi connectivity index (χ1v) is 4.24. The molecule has 0 atom stereocenters. The third-order valence-electron chi connectivity index (χ3n) is 1.24. The topological polar surface area (TPSA) is 0 Å². The fourth-order valence-corrected chi connectivity index (χ4v) is 0.707. The van der Waals surface area contributed by atoms with Crippen LogP contribution in [-0.4, -0.2) is 0 Å². The smallest absolute Gasteiger partial charge is 0.346 e. The van der Waals surface area contributed by atoms with E-state index in [4.69, 9.17) is 0 Å². The minimum absolute atomic E-state index is 0. The number of rotatable bonds is 0. The van der Waals surface area contributed by atoms with Gasteiger partial charge in [-0.05, 0) is 19.4 Å². The van der Waals surface area contributed by atoms with Gasteiger partial charge in [-0.1, -0.05) is 29.9 Å². The van der Waals surface area contributed by atoms with Crippen molar-refractivity contribution in [3.8, 4) is 0 Å². The normalized spacial score (nSPS) is 10.5. The Kier molecular flexibility index (Phi) is 20.6. The van der Waals surface area contributed by atoms with Crippen LogP contribution in [0, 0.1) is 13.8 Å². The van der Waals surface area contributed by atoms with Crippen LogP contribution in [-0.2, 0) is 19.5 Å². The average molecular weight is 230 g/mol. The Bertz CT molecular complexity index is 156. The number of allylic oxidation sites excluding steroid dienone is 6. The van der Waals surface area contributed by atoms with Crippen molar-refractivity contribution >= 4 is 0 Å². The van der Waals surface area contributed by atoms with E-state index in [0.717, 1.165) is 0 Å². The van der Waals surface area contributed by atoms with Crippen molar-refractivity contribution in [2.75, 3.05) is 0 Å². The van der Waals surface area contributed by atoms with E-state index in [-0.39, 0.29) is 19.5 Å². The predicted molar refractivity (Wildman–Crippen MR) is 58.7 cm³/mol. The molecule has 0 amide bonds. The second-order valence-electron chi connectivity index (χ2n) is 2.17. The Morgan fingerprint density at radius 2 is 1.23 bits per heavy atom. The molecular formula is C12H20Zn. The summed E-state index contributed by atoms with van der Waals surface area (Å²) in [6.45, 7) is 14.2. The molecule has 70 valence electrons. The van der Waals surface area contributed by atoms with E-state index in [1.807, 2.05) is 0 Å². The summed E-state index contributed by atoms with van der Waals surface area (Å²) in [7, 11) is 0. The molecule has 0 fully saturated rings. The summed E-state index contributed by atoms with van der Waals surface area (Å²) < 4.78 is 0. The zero-order chi connectivity index (χ0) is 9.98. The molecule has 0 heterocycles. The fourth-order valence-electron chi connectivity index (χ4n) is 0.707. The summed E-state index contributed by atoms with van der Waals surface area (Å²) in [4.78, 5) is 0. The Labute approximate surface area is 96.6 Å². The molecule has 0 aromatic heterocycles. The van der Waals surface area contributed by atoms with E-state index < -0.39 is 0 Å². The van der Waals surface area contributed by atoms with E-state index in [1.54, 1.807) is 13.8 Å². The van der Waals surface area contributed by atoms with E-state index in [0.29, 0.717) is 0 Å². The van der Waals surface area contributed by atoms with Crippen molar-refractivity contribution in [3.05, 3.63) is 49.3 Å². The molecule has 0 saturated heterocycles. The maximum atomic E-state index is 3.25. The molecular weight excluding hydrogens is 210 g/mol. The van der Waals surface area contributed by atoms with E-state index in [1.165, 1.54) is 11.1 Å². The van der Waals surface area contributed by atoms with Crippen molar-refractivity contribution in [3.63, 3.8) is 0 Å². The van der Waals surface area contributed by atoms with Crippen LogP contribution in [0.3, 0.4) is 0 Å². The van der Waals surface area contributed by atoms with Gasteiger partial charge in [0.25, 0.3) is 0 Å². The Balaban J connectivity index is -0.000000178. The van der Waals surface area contributed by atoms with Gasteiger partial charge < -0.3 is 13.8 Å². The third-order valence-corrected chi connectivity index (χ3v) is 1.24. The molecule has 1 aliphatic rings. The van der Waals surface area contributed by atoms with Crippen LogP contribution in [0.5, 0.6) is 0 Å². The quantitative estimate of drug-likeness (QED) is 0.433. The molecule has 0 aromatic rings. The van der Waals surface area contributed by atoms with Gasteiger partial charge in [-0.25, -0.2) is 0 Å². The fraction of sp³-hybridized carbons (Fsp3) is 0.333. The first kappa shape index (κ1) is 18.6. The second-order valence-corrected chi connectivity index (χ2v) is 2.17. The van der Waals surface area contributed by atoms with E-state index >= 15 is 0 Å². The van der Waals surface area contributed by atoms with Crippen molar-refractivity contribution in [1.29, 1.82) is 0 Å². The summed E-state index contributed by atoms with van der Waals surface area (Å²) in [6.07, 6.45) is 8.36. The van der Waals surface area contributed by atoms with Crippen LogP contribution in [0.4, 0.5) is 0 Å². The summed E-state index contributed by atoms with van der Waals surface area (Å²) >= 11 is 0. The van der Waals surface area contributed by atoms with Gasteiger partial charge in [-0.15, -0.1) is 0 Å². The second kappa shape index (κ2) is 14.4. The number of hydrogen-bond acceptors (Lipinski definition) is 0.